The van der Waals surface area contributed by atoms with Crippen molar-refractivity contribution >= 4 is 11.8 Å². The fourth-order valence-corrected chi connectivity index (χ4v) is 4.00. The molecule has 1 heterocycles. The van der Waals surface area contributed by atoms with Gasteiger partial charge in [0.2, 0.25) is 0 Å². The normalized spacial score (nSPS) is 25.2. The van der Waals surface area contributed by atoms with Crippen LogP contribution in [0.15, 0.2) is 12.1 Å². The van der Waals surface area contributed by atoms with Crippen LogP contribution in [-0.2, 0) is 0 Å². The van der Waals surface area contributed by atoms with Crippen molar-refractivity contribution in [2.24, 2.45) is 0 Å². The molecule has 1 fully saturated rings. The molecule has 0 aliphatic carbocycles. The lowest BCUT2D eigenvalue weighted by Gasteiger charge is -2.30. The molecule has 1 N–H and O–H groups in total. The van der Waals surface area contributed by atoms with E-state index in [9.17, 15) is 5.11 Å². The highest BCUT2D eigenvalue weighted by Gasteiger charge is 2.38. The Morgan fingerprint density at radius 3 is 2.61 bits per heavy atom. The lowest BCUT2D eigenvalue weighted by atomic mass is 9.89. The summed E-state index contributed by atoms with van der Waals surface area (Å²) in [7, 11) is 1.69. The Labute approximate surface area is 114 Å². The van der Waals surface area contributed by atoms with Crippen LogP contribution < -0.4 is 4.74 Å². The molecule has 2 nitrogen and oxygen atoms in total. The van der Waals surface area contributed by atoms with Crippen molar-refractivity contribution in [2.45, 2.75) is 44.5 Å². The van der Waals surface area contributed by atoms with Crippen molar-refractivity contribution < 1.29 is 9.84 Å². The van der Waals surface area contributed by atoms with Crippen molar-refractivity contribution in [3.05, 3.63) is 28.8 Å². The zero-order chi connectivity index (χ0) is 13.3. The number of rotatable bonds is 3. The van der Waals surface area contributed by atoms with E-state index >= 15 is 0 Å². The van der Waals surface area contributed by atoms with E-state index < -0.39 is 6.10 Å². The summed E-state index contributed by atoms with van der Waals surface area (Å²) in [4.78, 5) is 0. The summed E-state index contributed by atoms with van der Waals surface area (Å²) in [6.07, 6.45) is 1.89. The van der Waals surface area contributed by atoms with Crippen LogP contribution in [0.1, 0.15) is 42.6 Å². The summed E-state index contributed by atoms with van der Waals surface area (Å²) in [6, 6.07) is 4.10. The van der Waals surface area contributed by atoms with Gasteiger partial charge >= 0.3 is 0 Å². The molecule has 2 atom stereocenters. The maximum Gasteiger partial charge on any atom is 0.122 e. The number of aryl methyl sites for hydroxylation is 2. The van der Waals surface area contributed by atoms with Gasteiger partial charge in [-0.1, -0.05) is 0 Å². The van der Waals surface area contributed by atoms with E-state index in [1.807, 2.05) is 31.7 Å². The number of methoxy groups -OCH3 is 1. The summed E-state index contributed by atoms with van der Waals surface area (Å²) in [5.74, 6) is 2.05. The minimum atomic E-state index is -0.394. The lowest BCUT2D eigenvalue weighted by molar-refractivity contribution is 0.134. The Morgan fingerprint density at radius 2 is 2.06 bits per heavy atom. The third-order valence-electron chi connectivity index (χ3n) is 3.91. The van der Waals surface area contributed by atoms with Crippen LogP contribution in [0.5, 0.6) is 5.75 Å². The minimum Gasteiger partial charge on any atom is -0.496 e. The SMILES string of the molecule is COc1cc(C)c(C(O)C2(C)CCCS2)cc1C. The molecule has 0 aromatic heterocycles. The number of hydrogen-bond donors (Lipinski definition) is 1. The van der Waals surface area contributed by atoms with Gasteiger partial charge in [-0.05, 0) is 68.2 Å². The standard InChI is InChI=1S/C15H22O2S/c1-10-9-13(17-4)11(2)8-12(10)14(16)15(3)6-5-7-18-15/h8-9,14,16H,5-7H2,1-4H3. The highest BCUT2D eigenvalue weighted by atomic mass is 32.2. The fraction of sp³-hybridized carbons (Fsp3) is 0.600. The summed E-state index contributed by atoms with van der Waals surface area (Å²) in [5.41, 5.74) is 3.24. The molecule has 0 radical (unpaired) electrons. The molecular formula is C15H22O2S. The lowest BCUT2D eigenvalue weighted by Crippen LogP contribution is -2.27. The molecule has 1 aliphatic heterocycles. The van der Waals surface area contributed by atoms with E-state index in [0.717, 1.165) is 34.6 Å². The molecule has 3 heteroatoms. The van der Waals surface area contributed by atoms with Crippen molar-refractivity contribution in [3.8, 4) is 5.75 Å². The van der Waals surface area contributed by atoms with Gasteiger partial charge in [-0.2, -0.15) is 11.8 Å². The van der Waals surface area contributed by atoms with Crippen LogP contribution >= 0.6 is 11.8 Å². The predicted molar refractivity (Wildman–Crippen MR) is 77.5 cm³/mol. The van der Waals surface area contributed by atoms with E-state index in [4.69, 9.17) is 4.74 Å². The van der Waals surface area contributed by atoms with E-state index in [1.165, 1.54) is 6.42 Å². The molecule has 1 aromatic carbocycles. The van der Waals surface area contributed by atoms with Gasteiger partial charge in [-0.15, -0.1) is 0 Å². The topological polar surface area (TPSA) is 29.5 Å². The third kappa shape index (κ3) is 2.39. The minimum absolute atomic E-state index is 0.0359. The number of aliphatic hydroxyl groups is 1. The van der Waals surface area contributed by atoms with Crippen LogP contribution in [0, 0.1) is 13.8 Å². The highest BCUT2D eigenvalue weighted by Crippen LogP contribution is 2.47. The number of hydrogen-bond acceptors (Lipinski definition) is 3. The second-order valence-corrected chi connectivity index (χ2v) is 6.98. The van der Waals surface area contributed by atoms with E-state index in [0.29, 0.717) is 0 Å². The maximum atomic E-state index is 10.7. The summed E-state index contributed by atoms with van der Waals surface area (Å²) in [6.45, 7) is 6.25. The van der Waals surface area contributed by atoms with Crippen molar-refractivity contribution in [1.29, 1.82) is 0 Å². The Kier molecular flexibility index (Phi) is 3.93. The van der Waals surface area contributed by atoms with Gasteiger partial charge in [0.05, 0.1) is 13.2 Å². The van der Waals surface area contributed by atoms with Gasteiger partial charge in [-0.25, -0.2) is 0 Å². The van der Waals surface area contributed by atoms with Gasteiger partial charge in [0.1, 0.15) is 5.75 Å². The highest BCUT2D eigenvalue weighted by molar-refractivity contribution is 8.00. The largest absolute Gasteiger partial charge is 0.496 e. The molecule has 0 bridgehead atoms. The van der Waals surface area contributed by atoms with Crippen LogP contribution in [0.4, 0.5) is 0 Å². The fourth-order valence-electron chi connectivity index (χ4n) is 2.67. The average molecular weight is 266 g/mol. The monoisotopic (exact) mass is 266 g/mol. The molecule has 100 valence electrons. The number of aliphatic hydroxyl groups excluding tert-OH is 1. The van der Waals surface area contributed by atoms with Crippen molar-refractivity contribution in [1.82, 2.24) is 0 Å². The average Bonchev–Trinajstić information content (AvgIpc) is 2.79. The molecule has 1 aliphatic rings. The Bertz CT molecular complexity index is 436. The van der Waals surface area contributed by atoms with Crippen LogP contribution in [0.25, 0.3) is 0 Å². The van der Waals surface area contributed by atoms with Gasteiger partial charge in [0, 0.05) is 4.75 Å². The first-order valence-corrected chi connectivity index (χ1v) is 7.43. The predicted octanol–water partition coefficient (Wildman–Crippen LogP) is 3.63. The Balaban J connectivity index is 2.36. The quantitative estimate of drug-likeness (QED) is 0.906. The van der Waals surface area contributed by atoms with E-state index in [1.54, 1.807) is 7.11 Å². The molecule has 0 saturated carbocycles. The second kappa shape index (κ2) is 5.14. The Morgan fingerprint density at radius 1 is 1.33 bits per heavy atom. The third-order valence-corrected chi connectivity index (χ3v) is 5.49. The zero-order valence-corrected chi connectivity index (χ0v) is 12.4. The maximum absolute atomic E-state index is 10.7. The van der Waals surface area contributed by atoms with Gasteiger partial charge in [-0.3, -0.25) is 0 Å². The van der Waals surface area contributed by atoms with Gasteiger partial charge < -0.3 is 9.84 Å². The molecule has 18 heavy (non-hydrogen) atoms. The van der Waals surface area contributed by atoms with E-state index in [2.05, 4.69) is 13.0 Å². The van der Waals surface area contributed by atoms with Crippen LogP contribution in [-0.4, -0.2) is 22.7 Å². The molecule has 2 rings (SSSR count). The first-order chi connectivity index (χ1) is 8.48. The smallest absolute Gasteiger partial charge is 0.122 e. The molecular weight excluding hydrogens is 244 g/mol. The van der Waals surface area contributed by atoms with E-state index in [-0.39, 0.29) is 4.75 Å². The first kappa shape index (κ1) is 13.8. The molecule has 0 amide bonds. The van der Waals surface area contributed by atoms with Crippen LogP contribution in [0.3, 0.4) is 0 Å². The second-order valence-electron chi connectivity index (χ2n) is 5.35. The van der Waals surface area contributed by atoms with Gasteiger partial charge in [0.25, 0.3) is 0 Å². The van der Waals surface area contributed by atoms with Crippen molar-refractivity contribution in [3.63, 3.8) is 0 Å². The molecule has 1 saturated heterocycles. The first-order valence-electron chi connectivity index (χ1n) is 6.45. The number of thioether (sulfide) groups is 1. The van der Waals surface area contributed by atoms with Crippen LogP contribution in [0.2, 0.25) is 0 Å². The van der Waals surface area contributed by atoms with Crippen molar-refractivity contribution in [2.75, 3.05) is 12.9 Å². The summed E-state index contributed by atoms with van der Waals surface area (Å²) in [5, 5.41) is 10.7. The number of ether oxygens (including phenoxy) is 1. The molecule has 2 unspecified atom stereocenters. The zero-order valence-electron chi connectivity index (χ0n) is 11.6. The summed E-state index contributed by atoms with van der Waals surface area (Å²) >= 11 is 1.89. The van der Waals surface area contributed by atoms with Gasteiger partial charge in [0.15, 0.2) is 0 Å². The summed E-state index contributed by atoms with van der Waals surface area (Å²) < 4.78 is 5.29. The number of benzene rings is 1. The Hall–Kier alpha value is -0.670. The molecule has 0 spiro atoms. The molecule has 1 aromatic rings.